The molecule has 0 spiro atoms. The topological polar surface area (TPSA) is 78.7 Å². The summed E-state index contributed by atoms with van der Waals surface area (Å²) < 4.78 is 13.0. The van der Waals surface area contributed by atoms with Gasteiger partial charge in [-0.05, 0) is 49.4 Å². The van der Waals surface area contributed by atoms with Gasteiger partial charge in [-0.1, -0.05) is 11.6 Å². The van der Waals surface area contributed by atoms with Crippen molar-refractivity contribution < 1.29 is 14.1 Å². The molecule has 0 atom stereocenters. The molecule has 2 aromatic carbocycles. The summed E-state index contributed by atoms with van der Waals surface area (Å²) in [6, 6.07) is 10.5. The first kappa shape index (κ1) is 21.0. The van der Waals surface area contributed by atoms with E-state index in [9.17, 15) is 19.3 Å². The van der Waals surface area contributed by atoms with Gasteiger partial charge in [-0.2, -0.15) is 0 Å². The van der Waals surface area contributed by atoms with Crippen molar-refractivity contribution in [1.29, 1.82) is 0 Å². The quantitative estimate of drug-likeness (QED) is 0.422. The summed E-state index contributed by atoms with van der Waals surface area (Å²) in [5.74, 6) is -0.589. The molecule has 0 aromatic heterocycles. The number of nitrogens with one attached hydrogen (secondary N) is 1. The lowest BCUT2D eigenvalue weighted by Gasteiger charge is -2.36. The van der Waals surface area contributed by atoms with Gasteiger partial charge in [-0.3, -0.25) is 19.8 Å². The van der Waals surface area contributed by atoms with Gasteiger partial charge in [-0.15, -0.1) is 0 Å². The molecule has 29 heavy (non-hydrogen) atoms. The number of rotatable bonds is 7. The molecule has 1 amide bonds. The number of carbonyl (C=O) groups is 1. The zero-order valence-corrected chi connectivity index (χ0v) is 16.6. The molecule has 0 bridgehead atoms. The number of halogens is 2. The summed E-state index contributed by atoms with van der Waals surface area (Å²) in [7, 11) is 0. The number of carbonyl (C=O) groups excluding carboxylic acids is 1. The van der Waals surface area contributed by atoms with Gasteiger partial charge in [0, 0.05) is 50.0 Å². The number of hydrogen-bond acceptors (Lipinski definition) is 5. The Hall–Kier alpha value is -2.71. The van der Waals surface area contributed by atoms with Gasteiger partial charge >= 0.3 is 0 Å². The maximum atomic E-state index is 13.0. The molecular weight excluding hydrogens is 399 g/mol. The Bertz CT molecular complexity index is 871. The van der Waals surface area contributed by atoms with Crippen LogP contribution in [0.3, 0.4) is 0 Å². The van der Waals surface area contributed by atoms with Crippen molar-refractivity contribution in [1.82, 2.24) is 10.2 Å². The number of piperazine rings is 1. The number of benzene rings is 2. The lowest BCUT2D eigenvalue weighted by Crippen LogP contribution is -2.47. The third kappa shape index (κ3) is 5.65. The molecule has 154 valence electrons. The Morgan fingerprint density at radius 1 is 1.14 bits per heavy atom. The number of nitro groups is 1. The van der Waals surface area contributed by atoms with Crippen LogP contribution in [0.1, 0.15) is 16.8 Å². The highest BCUT2D eigenvalue weighted by Gasteiger charge is 2.18. The molecule has 1 fully saturated rings. The summed E-state index contributed by atoms with van der Waals surface area (Å²) in [6.07, 6.45) is 0.776. The van der Waals surface area contributed by atoms with Gasteiger partial charge in [-0.25, -0.2) is 4.39 Å². The van der Waals surface area contributed by atoms with Crippen LogP contribution in [0.4, 0.5) is 15.8 Å². The average molecular weight is 421 g/mol. The number of anilines is 1. The number of amides is 1. The number of nitrogens with zero attached hydrogens (tertiary/aromatic N) is 3. The van der Waals surface area contributed by atoms with Crippen molar-refractivity contribution in [2.75, 3.05) is 44.2 Å². The second-order valence-electron chi connectivity index (χ2n) is 6.84. The van der Waals surface area contributed by atoms with Crippen LogP contribution < -0.4 is 10.2 Å². The van der Waals surface area contributed by atoms with Crippen molar-refractivity contribution in [3.63, 3.8) is 0 Å². The molecule has 2 aromatic rings. The predicted molar refractivity (Wildman–Crippen MR) is 110 cm³/mol. The largest absolute Gasteiger partial charge is 0.369 e. The van der Waals surface area contributed by atoms with Crippen molar-refractivity contribution in [3.8, 4) is 0 Å². The highest BCUT2D eigenvalue weighted by molar-refractivity contribution is 6.32. The van der Waals surface area contributed by atoms with Gasteiger partial charge in [0.05, 0.1) is 4.92 Å². The highest BCUT2D eigenvalue weighted by atomic mass is 35.5. The molecule has 1 N–H and O–H groups in total. The fourth-order valence-electron chi connectivity index (χ4n) is 3.28. The summed E-state index contributed by atoms with van der Waals surface area (Å²) >= 11 is 5.77. The van der Waals surface area contributed by atoms with Crippen LogP contribution >= 0.6 is 11.6 Å². The molecule has 7 nitrogen and oxygen atoms in total. The van der Waals surface area contributed by atoms with Gasteiger partial charge in [0.15, 0.2) is 0 Å². The van der Waals surface area contributed by atoms with Crippen molar-refractivity contribution in [3.05, 3.63) is 69.0 Å². The SMILES string of the molecule is O=C(NCCCN1CCN(c2ccc(F)cc2)CC1)c1ccc(Cl)c([N+](=O)[O-])c1. The third-order valence-corrected chi connectivity index (χ3v) is 5.23. The molecular formula is C20H22ClFN4O3. The monoisotopic (exact) mass is 420 g/mol. The zero-order chi connectivity index (χ0) is 20.8. The molecule has 1 saturated heterocycles. The third-order valence-electron chi connectivity index (χ3n) is 4.91. The van der Waals surface area contributed by atoms with Crippen LogP contribution in [0.2, 0.25) is 5.02 Å². The van der Waals surface area contributed by atoms with E-state index in [-0.39, 0.29) is 28.0 Å². The van der Waals surface area contributed by atoms with E-state index in [1.165, 1.54) is 30.3 Å². The molecule has 0 saturated carbocycles. The zero-order valence-electron chi connectivity index (χ0n) is 15.8. The molecule has 3 rings (SSSR count). The second-order valence-corrected chi connectivity index (χ2v) is 7.25. The summed E-state index contributed by atoms with van der Waals surface area (Å²) in [5, 5.41) is 13.7. The van der Waals surface area contributed by atoms with Crippen LogP contribution in [-0.2, 0) is 0 Å². The minimum atomic E-state index is -0.606. The van der Waals surface area contributed by atoms with Gasteiger partial charge in [0.2, 0.25) is 0 Å². The van der Waals surface area contributed by atoms with E-state index in [0.29, 0.717) is 6.54 Å². The van der Waals surface area contributed by atoms with Crippen molar-refractivity contribution >= 4 is 28.9 Å². The molecule has 1 aliphatic heterocycles. The Morgan fingerprint density at radius 2 is 1.83 bits per heavy atom. The van der Waals surface area contributed by atoms with E-state index in [2.05, 4.69) is 15.1 Å². The van der Waals surface area contributed by atoms with Crippen LogP contribution in [-0.4, -0.2) is 55.0 Å². The first-order valence-electron chi connectivity index (χ1n) is 9.39. The van der Waals surface area contributed by atoms with E-state index >= 15 is 0 Å². The van der Waals surface area contributed by atoms with E-state index in [1.54, 1.807) is 12.1 Å². The van der Waals surface area contributed by atoms with Gasteiger partial charge < -0.3 is 10.2 Å². The summed E-state index contributed by atoms with van der Waals surface area (Å²) in [6.45, 7) is 4.86. The molecule has 0 radical (unpaired) electrons. The first-order valence-corrected chi connectivity index (χ1v) is 9.77. The van der Waals surface area contributed by atoms with E-state index in [1.807, 2.05) is 0 Å². The molecule has 0 unspecified atom stereocenters. The molecule has 0 aliphatic carbocycles. The Morgan fingerprint density at radius 3 is 2.48 bits per heavy atom. The van der Waals surface area contributed by atoms with Crippen molar-refractivity contribution in [2.45, 2.75) is 6.42 Å². The fourth-order valence-corrected chi connectivity index (χ4v) is 3.47. The Balaban J connectivity index is 1.39. The second kappa shape index (κ2) is 9.67. The first-order chi connectivity index (χ1) is 13.9. The van der Waals surface area contributed by atoms with E-state index < -0.39 is 4.92 Å². The maximum absolute atomic E-state index is 13.0. The lowest BCUT2D eigenvalue weighted by atomic mass is 10.2. The predicted octanol–water partition coefficient (Wildman–Crippen LogP) is 3.33. The van der Waals surface area contributed by atoms with Gasteiger partial charge in [0.25, 0.3) is 11.6 Å². The highest BCUT2D eigenvalue weighted by Crippen LogP contribution is 2.25. The molecule has 9 heteroatoms. The van der Waals surface area contributed by atoms with E-state index in [0.717, 1.165) is 44.8 Å². The molecule has 1 heterocycles. The minimum absolute atomic E-state index is 0.00586. The van der Waals surface area contributed by atoms with E-state index in [4.69, 9.17) is 11.6 Å². The smallest absolute Gasteiger partial charge is 0.288 e. The maximum Gasteiger partial charge on any atom is 0.288 e. The standard InChI is InChI=1S/C20H22ClFN4O3/c21-18-7-2-15(14-19(18)26(28)29)20(27)23-8-1-9-24-10-12-25(13-11-24)17-5-3-16(22)4-6-17/h2-7,14H,1,8-13H2,(H,23,27). The van der Waals surface area contributed by atoms with Crippen LogP contribution in [0.25, 0.3) is 0 Å². The van der Waals surface area contributed by atoms with Crippen molar-refractivity contribution in [2.24, 2.45) is 0 Å². The van der Waals surface area contributed by atoms with Crippen LogP contribution in [0.15, 0.2) is 42.5 Å². The fraction of sp³-hybridized carbons (Fsp3) is 0.350. The summed E-state index contributed by atoms with van der Waals surface area (Å²) in [5.41, 5.74) is 0.961. The Labute approximate surface area is 173 Å². The lowest BCUT2D eigenvalue weighted by molar-refractivity contribution is -0.384. The van der Waals surface area contributed by atoms with Crippen LogP contribution in [0.5, 0.6) is 0 Å². The van der Waals surface area contributed by atoms with Gasteiger partial charge in [0.1, 0.15) is 10.8 Å². The molecule has 1 aliphatic rings. The Kier molecular flexibility index (Phi) is 7.00. The normalized spacial score (nSPS) is 14.6. The average Bonchev–Trinajstić information content (AvgIpc) is 2.72. The van der Waals surface area contributed by atoms with Crippen LogP contribution in [0, 0.1) is 15.9 Å². The summed E-state index contributed by atoms with van der Waals surface area (Å²) in [4.78, 5) is 27.0. The number of nitro benzene ring substituents is 1. The number of hydrogen-bond donors (Lipinski definition) is 1. The minimum Gasteiger partial charge on any atom is -0.369 e.